The number of ether oxygens (including phenoxy) is 1. The van der Waals surface area contributed by atoms with E-state index in [4.69, 9.17) is 4.74 Å². The number of hydrogen-bond acceptors (Lipinski definition) is 2. The standard InChI is InChI=1S/C12H17BrO2/c1-15-10(14)11-3-8-2-9(4-11)6-12(13,5-8)7-11/h8-9H,2-7H2,1H3. The molecule has 0 amide bonds. The van der Waals surface area contributed by atoms with Crippen LogP contribution in [0.5, 0.6) is 0 Å². The number of carbonyl (C=O) groups excluding carboxylic acids is 1. The molecule has 4 bridgehead atoms. The summed E-state index contributed by atoms with van der Waals surface area (Å²) in [6.07, 6.45) is 7.02. The number of hydrogen-bond donors (Lipinski definition) is 0. The lowest BCUT2D eigenvalue weighted by atomic mass is 9.49. The molecule has 4 fully saturated rings. The Bertz CT molecular complexity index is 299. The highest BCUT2D eigenvalue weighted by Crippen LogP contribution is 2.64. The summed E-state index contributed by atoms with van der Waals surface area (Å²) in [5, 5.41) is 0. The van der Waals surface area contributed by atoms with Crippen molar-refractivity contribution in [1.82, 2.24) is 0 Å². The van der Waals surface area contributed by atoms with E-state index in [2.05, 4.69) is 15.9 Å². The van der Waals surface area contributed by atoms with Gasteiger partial charge in [0.2, 0.25) is 0 Å². The van der Waals surface area contributed by atoms with Crippen LogP contribution >= 0.6 is 15.9 Å². The Morgan fingerprint density at radius 2 is 1.87 bits per heavy atom. The monoisotopic (exact) mass is 272 g/mol. The quantitative estimate of drug-likeness (QED) is 0.542. The molecule has 0 spiro atoms. The van der Waals surface area contributed by atoms with Crippen LogP contribution in [0.15, 0.2) is 0 Å². The van der Waals surface area contributed by atoms with E-state index in [0.29, 0.717) is 0 Å². The molecular formula is C12H17BrO2. The molecule has 4 saturated carbocycles. The lowest BCUT2D eigenvalue weighted by Crippen LogP contribution is -2.56. The summed E-state index contributed by atoms with van der Waals surface area (Å²) in [4.78, 5) is 12.0. The second kappa shape index (κ2) is 2.99. The maximum atomic E-state index is 12.0. The van der Waals surface area contributed by atoms with Gasteiger partial charge in [-0.05, 0) is 50.4 Å². The second-order valence-electron chi connectivity index (χ2n) is 5.88. The van der Waals surface area contributed by atoms with Gasteiger partial charge in [-0.25, -0.2) is 0 Å². The molecule has 4 aliphatic rings. The molecule has 4 aliphatic carbocycles. The number of rotatable bonds is 1. The summed E-state index contributed by atoms with van der Waals surface area (Å²) in [5.74, 6) is 1.55. The fraction of sp³-hybridized carbons (Fsp3) is 0.917. The van der Waals surface area contributed by atoms with E-state index in [1.807, 2.05) is 0 Å². The Morgan fingerprint density at radius 3 is 2.33 bits per heavy atom. The molecule has 0 heterocycles. The molecule has 0 saturated heterocycles. The normalized spacial score (nSPS) is 51.9. The molecule has 2 atom stereocenters. The molecule has 0 aromatic rings. The number of alkyl halides is 1. The van der Waals surface area contributed by atoms with Crippen molar-refractivity contribution in [3.05, 3.63) is 0 Å². The van der Waals surface area contributed by atoms with Crippen LogP contribution in [-0.4, -0.2) is 17.4 Å². The lowest BCUT2D eigenvalue weighted by Gasteiger charge is -2.58. The Balaban J connectivity index is 1.96. The highest BCUT2D eigenvalue weighted by molar-refractivity contribution is 9.10. The van der Waals surface area contributed by atoms with E-state index in [-0.39, 0.29) is 15.7 Å². The SMILES string of the molecule is COC(=O)C12CC3CC(CC(Br)(C3)C1)C2. The number of halogens is 1. The van der Waals surface area contributed by atoms with Crippen LogP contribution in [0.3, 0.4) is 0 Å². The topological polar surface area (TPSA) is 26.3 Å². The molecule has 4 rings (SSSR count). The van der Waals surface area contributed by atoms with Crippen molar-refractivity contribution in [2.75, 3.05) is 7.11 Å². The number of carbonyl (C=O) groups is 1. The van der Waals surface area contributed by atoms with Crippen molar-refractivity contribution in [1.29, 1.82) is 0 Å². The van der Waals surface area contributed by atoms with Crippen LogP contribution in [0.2, 0.25) is 0 Å². The van der Waals surface area contributed by atoms with E-state index in [0.717, 1.165) is 31.1 Å². The minimum Gasteiger partial charge on any atom is -0.469 e. The molecule has 15 heavy (non-hydrogen) atoms. The summed E-state index contributed by atoms with van der Waals surface area (Å²) < 4.78 is 5.28. The predicted molar refractivity (Wildman–Crippen MR) is 60.8 cm³/mol. The van der Waals surface area contributed by atoms with Gasteiger partial charge < -0.3 is 4.74 Å². The fourth-order valence-corrected chi connectivity index (χ4v) is 6.06. The lowest BCUT2D eigenvalue weighted by molar-refractivity contribution is -0.166. The van der Waals surface area contributed by atoms with Crippen molar-refractivity contribution in [2.45, 2.75) is 42.8 Å². The second-order valence-corrected chi connectivity index (χ2v) is 7.57. The van der Waals surface area contributed by atoms with Crippen LogP contribution in [0.1, 0.15) is 38.5 Å². The van der Waals surface area contributed by atoms with Gasteiger partial charge in [0.25, 0.3) is 0 Å². The summed E-state index contributed by atoms with van der Waals surface area (Å²) in [5.41, 5.74) is -0.137. The Hall–Kier alpha value is -0.0500. The van der Waals surface area contributed by atoms with Gasteiger partial charge in [-0.2, -0.15) is 0 Å². The molecule has 84 valence electrons. The summed E-state index contributed by atoms with van der Waals surface area (Å²) in [6.45, 7) is 0. The van der Waals surface area contributed by atoms with Crippen molar-refractivity contribution in [2.24, 2.45) is 17.3 Å². The molecule has 3 heteroatoms. The molecule has 0 aromatic carbocycles. The van der Waals surface area contributed by atoms with Crippen LogP contribution in [0.25, 0.3) is 0 Å². The smallest absolute Gasteiger partial charge is 0.311 e. The minimum atomic E-state index is -0.137. The third-order valence-corrected chi connectivity index (χ3v) is 5.54. The van der Waals surface area contributed by atoms with Gasteiger partial charge in [0, 0.05) is 4.32 Å². The van der Waals surface area contributed by atoms with E-state index in [1.54, 1.807) is 0 Å². The van der Waals surface area contributed by atoms with E-state index in [1.165, 1.54) is 26.4 Å². The zero-order chi connectivity index (χ0) is 10.7. The maximum Gasteiger partial charge on any atom is 0.311 e. The first kappa shape index (κ1) is 10.1. The van der Waals surface area contributed by atoms with Crippen molar-refractivity contribution in [3.8, 4) is 0 Å². The third-order valence-electron chi connectivity index (χ3n) is 4.61. The van der Waals surface area contributed by atoms with Crippen molar-refractivity contribution in [3.63, 3.8) is 0 Å². The first-order valence-electron chi connectivity index (χ1n) is 5.83. The minimum absolute atomic E-state index is 0.0421. The first-order chi connectivity index (χ1) is 7.05. The molecule has 0 aliphatic heterocycles. The summed E-state index contributed by atoms with van der Waals surface area (Å²) in [6, 6.07) is 0. The van der Waals surface area contributed by atoms with Crippen LogP contribution in [-0.2, 0) is 9.53 Å². The molecule has 0 N–H and O–H groups in total. The van der Waals surface area contributed by atoms with Crippen LogP contribution in [0.4, 0.5) is 0 Å². The number of methoxy groups -OCH3 is 1. The average molecular weight is 273 g/mol. The van der Waals surface area contributed by atoms with Gasteiger partial charge >= 0.3 is 5.97 Å². The van der Waals surface area contributed by atoms with Gasteiger partial charge in [0.05, 0.1) is 12.5 Å². The largest absolute Gasteiger partial charge is 0.469 e. The number of esters is 1. The Labute approximate surface area is 98.9 Å². The average Bonchev–Trinajstić information content (AvgIpc) is 2.12. The zero-order valence-electron chi connectivity index (χ0n) is 9.09. The third kappa shape index (κ3) is 1.38. The van der Waals surface area contributed by atoms with Gasteiger partial charge in [-0.15, -0.1) is 0 Å². The van der Waals surface area contributed by atoms with E-state index in [9.17, 15) is 4.79 Å². The van der Waals surface area contributed by atoms with Gasteiger partial charge in [0.15, 0.2) is 0 Å². The zero-order valence-corrected chi connectivity index (χ0v) is 10.7. The Kier molecular flexibility index (Phi) is 2.02. The predicted octanol–water partition coefficient (Wildman–Crippen LogP) is 2.89. The van der Waals surface area contributed by atoms with Crippen molar-refractivity contribution < 1.29 is 9.53 Å². The first-order valence-corrected chi connectivity index (χ1v) is 6.62. The van der Waals surface area contributed by atoms with E-state index < -0.39 is 0 Å². The van der Waals surface area contributed by atoms with Crippen LogP contribution < -0.4 is 0 Å². The molecule has 2 unspecified atom stereocenters. The molecular weight excluding hydrogens is 256 g/mol. The van der Waals surface area contributed by atoms with Crippen LogP contribution in [0, 0.1) is 17.3 Å². The molecule has 2 nitrogen and oxygen atoms in total. The fourth-order valence-electron chi connectivity index (χ4n) is 4.61. The maximum absolute atomic E-state index is 12.0. The molecule has 0 radical (unpaired) electrons. The van der Waals surface area contributed by atoms with Gasteiger partial charge in [0.1, 0.15) is 0 Å². The summed E-state index contributed by atoms with van der Waals surface area (Å²) in [7, 11) is 1.53. The van der Waals surface area contributed by atoms with Crippen molar-refractivity contribution >= 4 is 21.9 Å². The highest BCUT2D eigenvalue weighted by Gasteiger charge is 2.60. The molecule has 0 aromatic heterocycles. The Morgan fingerprint density at radius 1 is 1.27 bits per heavy atom. The van der Waals surface area contributed by atoms with Gasteiger partial charge in [-0.3, -0.25) is 4.79 Å². The summed E-state index contributed by atoms with van der Waals surface area (Å²) >= 11 is 3.88. The van der Waals surface area contributed by atoms with Gasteiger partial charge in [-0.1, -0.05) is 15.9 Å². The highest BCUT2D eigenvalue weighted by atomic mass is 79.9. The van der Waals surface area contributed by atoms with E-state index >= 15 is 0 Å².